The van der Waals surface area contributed by atoms with Crippen molar-refractivity contribution in [2.45, 2.75) is 20.3 Å². The van der Waals surface area contributed by atoms with E-state index in [1.165, 1.54) is 0 Å². The summed E-state index contributed by atoms with van der Waals surface area (Å²) in [5.41, 5.74) is 0. The Hall–Kier alpha value is -0.440. The summed E-state index contributed by atoms with van der Waals surface area (Å²) < 4.78 is 9.43. The van der Waals surface area contributed by atoms with Crippen LogP contribution >= 0.6 is 11.6 Å². The topological polar surface area (TPSA) is 35.5 Å². The second-order valence-electron chi connectivity index (χ2n) is 2.85. The lowest BCUT2D eigenvalue weighted by molar-refractivity contribution is 0.0478. The number of hydrogen-bond acceptors (Lipinski definition) is 3. The van der Waals surface area contributed by atoms with Gasteiger partial charge in [0.1, 0.15) is 0 Å². The first-order valence-corrected chi connectivity index (χ1v) is 4.55. The zero-order valence-corrected chi connectivity index (χ0v) is 8.26. The highest BCUT2D eigenvalue weighted by molar-refractivity contribution is 6.17. The molecule has 0 atom stereocenters. The van der Waals surface area contributed by atoms with Gasteiger partial charge in [-0.15, -0.1) is 11.6 Å². The minimum absolute atomic E-state index is 0.334. The monoisotopic (exact) mass is 194 g/mol. The number of carbonyl (C=O) groups is 1. The Morgan fingerprint density at radius 3 is 2.58 bits per heavy atom. The summed E-state index contributed by atoms with van der Waals surface area (Å²) in [5.74, 6) is 0.836. The van der Waals surface area contributed by atoms with E-state index in [4.69, 9.17) is 16.3 Å². The first-order chi connectivity index (χ1) is 5.66. The smallest absolute Gasteiger partial charge is 0.434 e. The lowest BCUT2D eigenvalue weighted by atomic mass is 10.2. The molecule has 0 aromatic carbocycles. The maximum atomic E-state index is 10.7. The Kier molecular flexibility index (Phi) is 6.96. The van der Waals surface area contributed by atoms with E-state index in [9.17, 15) is 4.79 Å². The van der Waals surface area contributed by atoms with Crippen LogP contribution in [0.25, 0.3) is 0 Å². The van der Waals surface area contributed by atoms with Gasteiger partial charge in [-0.1, -0.05) is 13.8 Å². The van der Waals surface area contributed by atoms with Crippen LogP contribution in [-0.2, 0) is 9.47 Å². The summed E-state index contributed by atoms with van der Waals surface area (Å²) in [4.78, 5) is 10.7. The minimum Gasteiger partial charge on any atom is -0.434 e. The normalized spacial score (nSPS) is 10.0. The summed E-state index contributed by atoms with van der Waals surface area (Å²) in [6.45, 7) is 4.66. The van der Waals surface area contributed by atoms with Gasteiger partial charge < -0.3 is 9.47 Å². The van der Waals surface area contributed by atoms with Crippen molar-refractivity contribution in [3.63, 3.8) is 0 Å². The Morgan fingerprint density at radius 1 is 1.42 bits per heavy atom. The molecule has 0 saturated carbocycles. The van der Waals surface area contributed by atoms with Crippen molar-refractivity contribution in [1.29, 1.82) is 0 Å². The quantitative estimate of drug-likeness (QED) is 0.383. The molecule has 0 rings (SSSR count). The predicted octanol–water partition coefficient (Wildman–Crippen LogP) is 2.42. The first kappa shape index (κ1) is 11.6. The van der Waals surface area contributed by atoms with Crippen LogP contribution in [0, 0.1) is 5.92 Å². The molecule has 4 heteroatoms. The SMILES string of the molecule is CC(C)COC(=O)OCCCCl. The molecule has 0 radical (unpaired) electrons. The fraction of sp³-hybridized carbons (Fsp3) is 0.875. The molecule has 0 saturated heterocycles. The molecule has 0 N–H and O–H groups in total. The number of alkyl halides is 1. The number of ether oxygens (including phenoxy) is 2. The van der Waals surface area contributed by atoms with Crippen LogP contribution in [0.15, 0.2) is 0 Å². The Bertz CT molecular complexity index is 125. The van der Waals surface area contributed by atoms with Gasteiger partial charge in [-0.05, 0) is 12.3 Å². The number of rotatable bonds is 5. The van der Waals surface area contributed by atoms with Crippen molar-refractivity contribution in [2.24, 2.45) is 5.92 Å². The summed E-state index contributed by atoms with van der Waals surface area (Å²) in [6.07, 6.45) is 0.0621. The zero-order valence-electron chi connectivity index (χ0n) is 7.51. The van der Waals surface area contributed by atoms with Crippen LogP contribution in [0.5, 0.6) is 0 Å². The van der Waals surface area contributed by atoms with Gasteiger partial charge in [-0.2, -0.15) is 0 Å². The summed E-state index contributed by atoms with van der Waals surface area (Å²) in [6, 6.07) is 0. The Labute approximate surface area is 78.0 Å². The van der Waals surface area contributed by atoms with E-state index in [1.807, 2.05) is 13.8 Å². The minimum atomic E-state index is -0.603. The van der Waals surface area contributed by atoms with Gasteiger partial charge in [-0.3, -0.25) is 0 Å². The fourth-order valence-electron chi connectivity index (χ4n) is 0.486. The molecule has 12 heavy (non-hydrogen) atoms. The second-order valence-corrected chi connectivity index (χ2v) is 3.22. The molecule has 0 bridgehead atoms. The molecule has 0 heterocycles. The molecule has 0 aromatic heterocycles. The molecule has 0 fully saturated rings. The third kappa shape index (κ3) is 7.66. The van der Waals surface area contributed by atoms with Crippen molar-refractivity contribution in [3.8, 4) is 0 Å². The average molecular weight is 195 g/mol. The molecular weight excluding hydrogens is 180 g/mol. The molecule has 0 aliphatic rings. The van der Waals surface area contributed by atoms with Crippen LogP contribution in [0.3, 0.4) is 0 Å². The molecule has 0 unspecified atom stereocenters. The molecule has 0 spiro atoms. The van der Waals surface area contributed by atoms with E-state index in [1.54, 1.807) is 0 Å². The lowest BCUT2D eigenvalue weighted by Crippen LogP contribution is -2.12. The summed E-state index contributed by atoms with van der Waals surface area (Å²) in [5, 5.41) is 0. The number of carbonyl (C=O) groups excluding carboxylic acids is 1. The van der Waals surface area contributed by atoms with Crippen molar-refractivity contribution in [3.05, 3.63) is 0 Å². The predicted molar refractivity (Wildman–Crippen MR) is 47.5 cm³/mol. The lowest BCUT2D eigenvalue weighted by Gasteiger charge is -2.06. The maximum Gasteiger partial charge on any atom is 0.508 e. The van der Waals surface area contributed by atoms with Crippen molar-refractivity contribution < 1.29 is 14.3 Å². The third-order valence-electron chi connectivity index (χ3n) is 1.03. The Morgan fingerprint density at radius 2 is 2.08 bits per heavy atom. The van der Waals surface area contributed by atoms with Crippen molar-refractivity contribution >= 4 is 17.8 Å². The van der Waals surface area contributed by atoms with E-state index >= 15 is 0 Å². The van der Waals surface area contributed by atoms with E-state index in [-0.39, 0.29) is 0 Å². The fourth-order valence-corrected chi connectivity index (χ4v) is 0.596. The number of hydrogen-bond donors (Lipinski definition) is 0. The molecular formula is C8H15ClO3. The second kappa shape index (κ2) is 7.22. The van der Waals surface area contributed by atoms with Crippen LogP contribution < -0.4 is 0 Å². The van der Waals surface area contributed by atoms with Crippen molar-refractivity contribution in [1.82, 2.24) is 0 Å². The van der Waals surface area contributed by atoms with Crippen LogP contribution in [0.1, 0.15) is 20.3 Å². The van der Waals surface area contributed by atoms with Crippen LogP contribution in [0.4, 0.5) is 4.79 Å². The number of halogens is 1. The van der Waals surface area contributed by atoms with E-state index in [0.717, 1.165) is 0 Å². The zero-order chi connectivity index (χ0) is 9.40. The van der Waals surface area contributed by atoms with E-state index in [2.05, 4.69) is 4.74 Å². The molecule has 72 valence electrons. The molecule has 0 aliphatic heterocycles. The summed E-state index contributed by atoms with van der Waals surface area (Å²) in [7, 11) is 0. The Balaban J connectivity index is 3.22. The van der Waals surface area contributed by atoms with E-state index in [0.29, 0.717) is 31.4 Å². The standard InChI is InChI=1S/C8H15ClO3/c1-7(2)6-12-8(10)11-5-3-4-9/h7H,3-6H2,1-2H3. The van der Waals surface area contributed by atoms with Gasteiger partial charge in [0.25, 0.3) is 0 Å². The maximum absolute atomic E-state index is 10.7. The largest absolute Gasteiger partial charge is 0.508 e. The highest BCUT2D eigenvalue weighted by Gasteiger charge is 2.03. The van der Waals surface area contributed by atoms with Gasteiger partial charge in [-0.25, -0.2) is 4.79 Å². The summed E-state index contributed by atoms with van der Waals surface area (Å²) >= 11 is 5.38. The van der Waals surface area contributed by atoms with Gasteiger partial charge in [0.05, 0.1) is 13.2 Å². The van der Waals surface area contributed by atoms with Gasteiger partial charge in [0, 0.05) is 5.88 Å². The third-order valence-corrected chi connectivity index (χ3v) is 1.30. The van der Waals surface area contributed by atoms with Gasteiger partial charge >= 0.3 is 6.16 Å². The van der Waals surface area contributed by atoms with E-state index < -0.39 is 6.16 Å². The van der Waals surface area contributed by atoms with Gasteiger partial charge in [0.15, 0.2) is 0 Å². The average Bonchev–Trinajstić information content (AvgIpc) is 2.01. The molecule has 3 nitrogen and oxygen atoms in total. The van der Waals surface area contributed by atoms with Crippen LogP contribution in [0.2, 0.25) is 0 Å². The van der Waals surface area contributed by atoms with Gasteiger partial charge in [0.2, 0.25) is 0 Å². The highest BCUT2D eigenvalue weighted by atomic mass is 35.5. The molecule has 0 aliphatic carbocycles. The molecule has 0 aromatic rings. The molecule has 0 amide bonds. The first-order valence-electron chi connectivity index (χ1n) is 4.02. The van der Waals surface area contributed by atoms with Crippen LogP contribution in [-0.4, -0.2) is 25.2 Å². The highest BCUT2D eigenvalue weighted by Crippen LogP contribution is 1.95. The van der Waals surface area contributed by atoms with Crippen molar-refractivity contribution in [2.75, 3.05) is 19.1 Å².